The van der Waals surface area contributed by atoms with Crippen LogP contribution in [0.2, 0.25) is 0 Å². The van der Waals surface area contributed by atoms with E-state index in [1.807, 2.05) is 6.92 Å². The van der Waals surface area contributed by atoms with Gasteiger partial charge in [-0.15, -0.1) is 0 Å². The number of esters is 1. The maximum absolute atomic E-state index is 10.8. The molecule has 0 radical (unpaired) electrons. The lowest BCUT2D eigenvalue weighted by atomic mass is 10.0. The highest BCUT2D eigenvalue weighted by molar-refractivity contribution is 5.82. The third-order valence-corrected chi connectivity index (χ3v) is 1.95. The van der Waals surface area contributed by atoms with Gasteiger partial charge >= 0.3 is 5.97 Å². The third kappa shape index (κ3) is 5.54. The highest BCUT2D eigenvalue weighted by Gasteiger charge is 2.05. The van der Waals surface area contributed by atoms with Crippen LogP contribution in [0.3, 0.4) is 0 Å². The number of aliphatic hydroxyl groups is 1. The molecule has 14 heavy (non-hydrogen) atoms. The first-order valence-corrected chi connectivity index (χ1v) is 4.56. The molecule has 0 fully saturated rings. The standard InChI is InChI=1S/C11H18O3/c1-8(2)10(12)6-5-9(3)7-11(13)14-4/h7,10,12H,1,5-6H2,2-4H3/b9-7+. The number of aliphatic hydroxyl groups excluding tert-OH is 1. The van der Waals surface area contributed by atoms with Gasteiger partial charge in [0, 0.05) is 6.08 Å². The summed E-state index contributed by atoms with van der Waals surface area (Å²) in [4.78, 5) is 10.8. The molecule has 3 heteroatoms. The summed E-state index contributed by atoms with van der Waals surface area (Å²) < 4.78 is 4.48. The summed E-state index contributed by atoms with van der Waals surface area (Å²) in [6.07, 6.45) is 2.21. The van der Waals surface area contributed by atoms with Crippen LogP contribution in [0.1, 0.15) is 26.7 Å². The van der Waals surface area contributed by atoms with Gasteiger partial charge in [-0.25, -0.2) is 4.79 Å². The zero-order valence-corrected chi connectivity index (χ0v) is 9.04. The Bertz CT molecular complexity index is 241. The minimum Gasteiger partial charge on any atom is -0.466 e. The van der Waals surface area contributed by atoms with Gasteiger partial charge < -0.3 is 9.84 Å². The molecule has 80 valence electrons. The van der Waals surface area contributed by atoms with Crippen molar-refractivity contribution >= 4 is 5.97 Å². The molecule has 0 aromatic rings. The Labute approximate surface area is 85.1 Å². The number of methoxy groups -OCH3 is 1. The van der Waals surface area contributed by atoms with E-state index in [1.165, 1.54) is 13.2 Å². The molecule has 1 N–H and O–H groups in total. The maximum Gasteiger partial charge on any atom is 0.330 e. The van der Waals surface area contributed by atoms with Gasteiger partial charge in [-0.05, 0) is 26.7 Å². The van der Waals surface area contributed by atoms with Crippen LogP contribution >= 0.6 is 0 Å². The number of hydrogen-bond donors (Lipinski definition) is 1. The van der Waals surface area contributed by atoms with Crippen molar-refractivity contribution in [3.8, 4) is 0 Å². The second kappa shape index (κ2) is 6.38. The number of allylic oxidation sites excluding steroid dienone is 1. The monoisotopic (exact) mass is 198 g/mol. The average molecular weight is 198 g/mol. The van der Waals surface area contributed by atoms with Gasteiger partial charge in [0.2, 0.25) is 0 Å². The average Bonchev–Trinajstić information content (AvgIpc) is 2.13. The molecular formula is C11H18O3. The maximum atomic E-state index is 10.8. The molecular weight excluding hydrogens is 180 g/mol. The molecule has 0 aliphatic heterocycles. The van der Waals surface area contributed by atoms with E-state index in [9.17, 15) is 9.90 Å². The first kappa shape index (κ1) is 12.9. The van der Waals surface area contributed by atoms with E-state index in [4.69, 9.17) is 0 Å². The summed E-state index contributed by atoms with van der Waals surface area (Å²) in [7, 11) is 1.34. The zero-order chi connectivity index (χ0) is 11.1. The predicted octanol–water partition coefficient (Wildman–Crippen LogP) is 1.82. The molecule has 0 spiro atoms. The van der Waals surface area contributed by atoms with E-state index < -0.39 is 6.10 Å². The topological polar surface area (TPSA) is 46.5 Å². The van der Waals surface area contributed by atoms with Crippen LogP contribution in [0.5, 0.6) is 0 Å². The van der Waals surface area contributed by atoms with Gasteiger partial charge in [-0.2, -0.15) is 0 Å². The van der Waals surface area contributed by atoms with Crippen molar-refractivity contribution in [3.63, 3.8) is 0 Å². The van der Waals surface area contributed by atoms with Crippen molar-refractivity contribution in [3.05, 3.63) is 23.8 Å². The molecule has 0 aromatic carbocycles. The molecule has 0 rings (SSSR count). The largest absolute Gasteiger partial charge is 0.466 e. The Balaban J connectivity index is 3.96. The van der Waals surface area contributed by atoms with Crippen molar-refractivity contribution in [2.75, 3.05) is 7.11 Å². The zero-order valence-electron chi connectivity index (χ0n) is 9.04. The van der Waals surface area contributed by atoms with E-state index >= 15 is 0 Å². The van der Waals surface area contributed by atoms with Gasteiger partial charge in [0.1, 0.15) is 0 Å². The van der Waals surface area contributed by atoms with Crippen LogP contribution in [-0.4, -0.2) is 24.3 Å². The number of ether oxygens (including phenoxy) is 1. The lowest BCUT2D eigenvalue weighted by Gasteiger charge is -2.09. The lowest BCUT2D eigenvalue weighted by molar-refractivity contribution is -0.134. The first-order valence-electron chi connectivity index (χ1n) is 4.56. The first-order chi connectivity index (χ1) is 6.47. The summed E-state index contributed by atoms with van der Waals surface area (Å²) >= 11 is 0. The number of hydrogen-bond acceptors (Lipinski definition) is 3. The molecule has 0 saturated heterocycles. The van der Waals surface area contributed by atoms with Crippen molar-refractivity contribution in [2.45, 2.75) is 32.8 Å². The third-order valence-electron chi connectivity index (χ3n) is 1.95. The van der Waals surface area contributed by atoms with Gasteiger partial charge in [-0.3, -0.25) is 0 Å². The number of carbonyl (C=O) groups is 1. The van der Waals surface area contributed by atoms with Crippen molar-refractivity contribution in [1.29, 1.82) is 0 Å². The molecule has 1 atom stereocenters. The highest BCUT2D eigenvalue weighted by Crippen LogP contribution is 2.11. The molecule has 0 heterocycles. The Morgan fingerprint density at radius 1 is 1.57 bits per heavy atom. The van der Waals surface area contributed by atoms with E-state index in [1.54, 1.807) is 6.92 Å². The Kier molecular flexibility index (Phi) is 5.88. The van der Waals surface area contributed by atoms with Crippen molar-refractivity contribution in [2.24, 2.45) is 0 Å². The van der Waals surface area contributed by atoms with E-state index in [0.29, 0.717) is 12.8 Å². The lowest BCUT2D eigenvalue weighted by Crippen LogP contribution is -2.07. The summed E-state index contributed by atoms with van der Waals surface area (Å²) in [5.41, 5.74) is 1.65. The SMILES string of the molecule is C=C(C)C(O)CC/C(C)=C/C(=O)OC. The van der Waals surface area contributed by atoms with Crippen molar-refractivity contribution < 1.29 is 14.6 Å². The second-order valence-electron chi connectivity index (χ2n) is 3.41. The molecule has 0 aliphatic rings. The second-order valence-corrected chi connectivity index (χ2v) is 3.41. The molecule has 0 aromatic heterocycles. The summed E-state index contributed by atoms with van der Waals surface area (Å²) in [5, 5.41) is 9.42. The van der Waals surface area contributed by atoms with Gasteiger partial charge in [0.15, 0.2) is 0 Å². The minimum absolute atomic E-state index is 0.354. The fraction of sp³-hybridized carbons (Fsp3) is 0.545. The quantitative estimate of drug-likeness (QED) is 0.416. The van der Waals surface area contributed by atoms with Gasteiger partial charge in [0.25, 0.3) is 0 Å². The Hall–Kier alpha value is -1.09. The number of carbonyl (C=O) groups excluding carboxylic acids is 1. The molecule has 1 unspecified atom stereocenters. The summed E-state index contributed by atoms with van der Waals surface area (Å²) in [5.74, 6) is -0.354. The summed E-state index contributed by atoms with van der Waals surface area (Å²) in [6.45, 7) is 7.27. The molecule has 0 bridgehead atoms. The fourth-order valence-electron chi connectivity index (χ4n) is 0.943. The molecule has 0 amide bonds. The smallest absolute Gasteiger partial charge is 0.330 e. The fourth-order valence-corrected chi connectivity index (χ4v) is 0.943. The number of rotatable bonds is 5. The highest BCUT2D eigenvalue weighted by atomic mass is 16.5. The molecule has 0 aliphatic carbocycles. The van der Waals surface area contributed by atoms with Gasteiger partial charge in [0.05, 0.1) is 13.2 Å². The Morgan fingerprint density at radius 3 is 2.57 bits per heavy atom. The molecule has 3 nitrogen and oxygen atoms in total. The van der Waals surface area contributed by atoms with Crippen LogP contribution in [0.4, 0.5) is 0 Å². The minimum atomic E-state index is -0.490. The van der Waals surface area contributed by atoms with Gasteiger partial charge in [-0.1, -0.05) is 17.7 Å². The van der Waals surface area contributed by atoms with Crippen LogP contribution in [0, 0.1) is 0 Å². The van der Waals surface area contributed by atoms with Crippen LogP contribution in [0.15, 0.2) is 23.8 Å². The molecule has 0 saturated carbocycles. The normalized spacial score (nSPS) is 13.6. The van der Waals surface area contributed by atoms with E-state index in [-0.39, 0.29) is 5.97 Å². The van der Waals surface area contributed by atoms with Crippen LogP contribution < -0.4 is 0 Å². The Morgan fingerprint density at radius 2 is 2.14 bits per heavy atom. The van der Waals surface area contributed by atoms with Crippen LogP contribution in [-0.2, 0) is 9.53 Å². The van der Waals surface area contributed by atoms with Crippen LogP contribution in [0.25, 0.3) is 0 Å². The van der Waals surface area contributed by atoms with Crippen molar-refractivity contribution in [1.82, 2.24) is 0 Å². The predicted molar refractivity (Wildman–Crippen MR) is 55.8 cm³/mol. The van der Waals surface area contributed by atoms with E-state index in [0.717, 1.165) is 11.1 Å². The summed E-state index contributed by atoms with van der Waals surface area (Å²) in [6, 6.07) is 0. The van der Waals surface area contributed by atoms with E-state index in [2.05, 4.69) is 11.3 Å².